The summed E-state index contributed by atoms with van der Waals surface area (Å²) in [6, 6.07) is 0. The zero-order chi connectivity index (χ0) is 17.6. The van der Waals surface area contributed by atoms with Gasteiger partial charge in [-0.25, -0.2) is 4.79 Å². The zero-order valence-corrected chi connectivity index (χ0v) is 14.8. The van der Waals surface area contributed by atoms with E-state index in [9.17, 15) is 20.1 Å². The van der Waals surface area contributed by atoms with E-state index in [0.29, 0.717) is 11.8 Å². The molecule has 5 heteroatoms. The smallest absolute Gasteiger partial charge is 0.331 e. The molecule has 0 aromatic carbocycles. The summed E-state index contributed by atoms with van der Waals surface area (Å²) in [5.74, 6) is 0.447. The number of rotatable bonds is 1. The fourth-order valence-corrected chi connectivity index (χ4v) is 7.77. The first-order valence-electron chi connectivity index (χ1n) is 9.78. The molecule has 4 aliphatic carbocycles. The van der Waals surface area contributed by atoms with Crippen molar-refractivity contribution < 1.29 is 24.9 Å². The lowest BCUT2D eigenvalue weighted by molar-refractivity contribution is -0.169. The highest BCUT2D eigenvalue weighted by Gasteiger charge is 2.71. The number of fused-ring (bicyclic) bond motifs is 5. The Morgan fingerprint density at radius 1 is 1.24 bits per heavy atom. The van der Waals surface area contributed by atoms with Crippen LogP contribution in [0.3, 0.4) is 0 Å². The van der Waals surface area contributed by atoms with Crippen LogP contribution < -0.4 is 0 Å². The fraction of sp³-hybridized carbons (Fsp3) is 0.850. The quantitative estimate of drug-likeness (QED) is 0.626. The van der Waals surface area contributed by atoms with E-state index in [1.165, 1.54) is 5.57 Å². The number of hydrogen-bond acceptors (Lipinski definition) is 5. The molecule has 0 aromatic rings. The molecule has 1 heterocycles. The molecular weight excluding hydrogens is 320 g/mol. The first-order valence-corrected chi connectivity index (χ1v) is 9.78. The molecule has 25 heavy (non-hydrogen) atoms. The molecular formula is C20H28O5. The van der Waals surface area contributed by atoms with Gasteiger partial charge < -0.3 is 20.1 Å². The second kappa shape index (κ2) is 4.87. The average Bonchev–Trinajstić information content (AvgIpc) is 3.05. The predicted molar refractivity (Wildman–Crippen MR) is 89.3 cm³/mol. The van der Waals surface area contributed by atoms with Gasteiger partial charge in [0.25, 0.3) is 0 Å². The average molecular weight is 348 g/mol. The first-order chi connectivity index (χ1) is 11.8. The van der Waals surface area contributed by atoms with E-state index < -0.39 is 11.7 Å². The van der Waals surface area contributed by atoms with Crippen molar-refractivity contribution in [1.82, 2.24) is 0 Å². The van der Waals surface area contributed by atoms with Crippen LogP contribution in [-0.2, 0) is 9.53 Å². The highest BCUT2D eigenvalue weighted by molar-refractivity contribution is 5.86. The van der Waals surface area contributed by atoms with Crippen molar-refractivity contribution in [2.45, 2.75) is 69.7 Å². The van der Waals surface area contributed by atoms with Crippen LogP contribution >= 0.6 is 0 Å². The standard InChI is InChI=1S/C20H28O5/c1-18-6-5-14-12(8-16(22)25-14)13(18)4-7-19-9-11(2-3-15(18)19)20(24,10-21)17(19)23/h8,11,13-15,17,21,23-24H,2-7,9-10H2,1H3/t11-,13-,14-,15+,17-,18-,19-,20+/m1/s1. The molecule has 3 N–H and O–H groups in total. The summed E-state index contributed by atoms with van der Waals surface area (Å²) in [5.41, 5.74) is -0.439. The summed E-state index contributed by atoms with van der Waals surface area (Å²) < 4.78 is 5.47. The molecule has 0 unspecified atom stereocenters. The highest BCUT2D eigenvalue weighted by atomic mass is 16.5. The maximum Gasteiger partial charge on any atom is 0.331 e. The van der Waals surface area contributed by atoms with Gasteiger partial charge in [-0.05, 0) is 73.7 Å². The third-order valence-electron chi connectivity index (χ3n) is 8.86. The summed E-state index contributed by atoms with van der Waals surface area (Å²) in [7, 11) is 0. The van der Waals surface area contributed by atoms with Crippen molar-refractivity contribution in [3.63, 3.8) is 0 Å². The van der Waals surface area contributed by atoms with Crippen LogP contribution in [0.15, 0.2) is 11.6 Å². The number of carbonyl (C=O) groups excluding carboxylic acids is 1. The maximum absolute atomic E-state index is 11.8. The third-order valence-corrected chi connectivity index (χ3v) is 8.86. The Kier molecular flexibility index (Phi) is 3.17. The Morgan fingerprint density at radius 3 is 2.80 bits per heavy atom. The van der Waals surface area contributed by atoms with Crippen molar-refractivity contribution in [3.05, 3.63) is 11.6 Å². The van der Waals surface area contributed by atoms with E-state index in [1.54, 1.807) is 6.08 Å². The Hall–Kier alpha value is -0.910. The van der Waals surface area contributed by atoms with Crippen LogP contribution in [-0.4, -0.2) is 45.7 Å². The first kappa shape index (κ1) is 16.3. The zero-order valence-electron chi connectivity index (χ0n) is 14.8. The van der Waals surface area contributed by atoms with Crippen molar-refractivity contribution in [2.24, 2.45) is 28.6 Å². The van der Waals surface area contributed by atoms with E-state index in [1.807, 2.05) is 0 Å². The Balaban J connectivity index is 1.56. The van der Waals surface area contributed by atoms with E-state index in [0.717, 1.165) is 44.9 Å². The van der Waals surface area contributed by atoms with Crippen molar-refractivity contribution in [3.8, 4) is 0 Å². The maximum atomic E-state index is 11.8. The van der Waals surface area contributed by atoms with E-state index in [2.05, 4.69) is 6.92 Å². The van der Waals surface area contributed by atoms with E-state index in [4.69, 9.17) is 4.74 Å². The minimum Gasteiger partial charge on any atom is -0.455 e. The van der Waals surface area contributed by atoms with Crippen LogP contribution in [0, 0.1) is 28.6 Å². The van der Waals surface area contributed by atoms with Gasteiger partial charge in [0, 0.05) is 11.5 Å². The van der Waals surface area contributed by atoms with Gasteiger partial charge >= 0.3 is 5.97 Å². The molecule has 5 rings (SSSR count). The summed E-state index contributed by atoms with van der Waals surface area (Å²) in [6.07, 6.45) is 7.13. The van der Waals surface area contributed by atoms with Gasteiger partial charge in [0.2, 0.25) is 0 Å². The number of aliphatic hydroxyl groups is 3. The number of esters is 1. The molecule has 4 saturated carbocycles. The van der Waals surface area contributed by atoms with Gasteiger partial charge in [-0.15, -0.1) is 0 Å². The van der Waals surface area contributed by atoms with Crippen LogP contribution in [0.5, 0.6) is 0 Å². The summed E-state index contributed by atoms with van der Waals surface area (Å²) >= 11 is 0. The lowest BCUT2D eigenvalue weighted by Gasteiger charge is -2.61. The van der Waals surface area contributed by atoms with Gasteiger partial charge in [0.1, 0.15) is 11.7 Å². The van der Waals surface area contributed by atoms with Crippen LogP contribution in [0.1, 0.15) is 51.9 Å². The minimum absolute atomic E-state index is 0.00385. The van der Waals surface area contributed by atoms with Crippen molar-refractivity contribution in [2.75, 3.05) is 6.61 Å². The number of ether oxygens (including phenoxy) is 1. The minimum atomic E-state index is -1.35. The van der Waals surface area contributed by atoms with E-state index >= 15 is 0 Å². The summed E-state index contributed by atoms with van der Waals surface area (Å²) in [5, 5.41) is 31.9. The topological polar surface area (TPSA) is 87.0 Å². The summed E-state index contributed by atoms with van der Waals surface area (Å²) in [6.45, 7) is 1.97. The Morgan fingerprint density at radius 2 is 2.04 bits per heavy atom. The second-order valence-electron chi connectivity index (χ2n) is 9.52. The lowest BCUT2D eigenvalue weighted by Crippen LogP contribution is -2.58. The molecule has 1 spiro atoms. The van der Waals surface area contributed by atoms with Gasteiger partial charge in [0.05, 0.1) is 12.7 Å². The molecule has 0 amide bonds. The molecule has 0 saturated heterocycles. The van der Waals surface area contributed by atoms with Gasteiger partial charge in [-0.1, -0.05) is 6.92 Å². The van der Waals surface area contributed by atoms with E-state index in [-0.39, 0.29) is 35.4 Å². The van der Waals surface area contributed by atoms with Crippen molar-refractivity contribution >= 4 is 5.97 Å². The Labute approximate surface area is 148 Å². The predicted octanol–water partition coefficient (Wildman–Crippen LogP) is 1.55. The van der Waals surface area contributed by atoms with Gasteiger partial charge in [-0.3, -0.25) is 0 Å². The molecule has 4 fully saturated rings. The molecule has 0 radical (unpaired) electrons. The largest absolute Gasteiger partial charge is 0.455 e. The molecule has 138 valence electrons. The molecule has 2 bridgehead atoms. The van der Waals surface area contributed by atoms with Gasteiger partial charge in [0.15, 0.2) is 0 Å². The monoisotopic (exact) mass is 348 g/mol. The molecule has 5 nitrogen and oxygen atoms in total. The highest BCUT2D eigenvalue weighted by Crippen LogP contribution is 2.71. The molecule has 1 aliphatic heterocycles. The van der Waals surface area contributed by atoms with Gasteiger partial charge in [-0.2, -0.15) is 0 Å². The normalized spacial score (nSPS) is 56.6. The lowest BCUT2D eigenvalue weighted by atomic mass is 9.44. The van der Waals surface area contributed by atoms with Crippen LogP contribution in [0.25, 0.3) is 0 Å². The fourth-order valence-electron chi connectivity index (χ4n) is 7.77. The number of hydrogen-bond donors (Lipinski definition) is 3. The molecule has 0 aromatic heterocycles. The number of aliphatic hydroxyl groups excluding tert-OH is 2. The summed E-state index contributed by atoms with van der Waals surface area (Å²) in [4.78, 5) is 11.8. The second-order valence-corrected chi connectivity index (χ2v) is 9.52. The SMILES string of the molecule is C[C@@]12CC[C@H]3OC(=O)C=C3[C@H]1CC[C@@]13C[C@@H](CC[C@@H]21)[C@@](O)(CO)[C@@H]3O. The van der Waals surface area contributed by atoms with Crippen molar-refractivity contribution in [1.29, 1.82) is 0 Å². The Bertz CT molecular complexity index is 658. The number of carbonyl (C=O) groups is 1. The third kappa shape index (κ3) is 1.77. The molecule has 5 aliphatic rings. The van der Waals surface area contributed by atoms with Crippen LogP contribution in [0.2, 0.25) is 0 Å². The van der Waals surface area contributed by atoms with Crippen LogP contribution in [0.4, 0.5) is 0 Å². The molecule has 8 atom stereocenters.